The number of rotatable bonds is 4. The Labute approximate surface area is 164 Å². The number of hydrogen-bond acceptors (Lipinski definition) is 5. The minimum atomic E-state index is -1.06. The first-order valence-electron chi connectivity index (χ1n) is 9.13. The van der Waals surface area contributed by atoms with Gasteiger partial charge in [-0.25, -0.2) is 9.48 Å². The number of benzene rings is 2. The van der Waals surface area contributed by atoms with E-state index in [1.165, 1.54) is 5.56 Å². The first-order chi connectivity index (χ1) is 13.1. The molecule has 1 unspecified atom stereocenters. The van der Waals surface area contributed by atoms with Crippen molar-refractivity contribution >= 4 is 22.6 Å². The first-order valence-corrected chi connectivity index (χ1v) is 10.1. The summed E-state index contributed by atoms with van der Waals surface area (Å²) in [6, 6.07) is 13.9. The lowest BCUT2D eigenvalue weighted by molar-refractivity contribution is -0.656. The average molecular weight is 386 g/mol. The molecule has 0 saturated heterocycles. The number of thioether (sulfide) groups is 1. The predicted octanol–water partition coefficient (Wildman–Crippen LogP) is 3.18. The third-order valence-electron chi connectivity index (χ3n) is 5.23. The summed E-state index contributed by atoms with van der Waals surface area (Å²) in [6.45, 7) is 3.33. The van der Waals surface area contributed by atoms with Crippen LogP contribution in [0.5, 0.6) is 11.5 Å². The van der Waals surface area contributed by atoms with E-state index in [1.54, 1.807) is 26.0 Å². The van der Waals surface area contributed by atoms with Gasteiger partial charge >= 0.3 is 5.17 Å². The van der Waals surface area contributed by atoms with Gasteiger partial charge in [0.15, 0.2) is 18.0 Å². The lowest BCUT2D eigenvalue weighted by Gasteiger charge is -2.24. The highest BCUT2D eigenvalue weighted by atomic mass is 32.2. The Kier molecular flexibility index (Phi) is 4.78. The van der Waals surface area contributed by atoms with Gasteiger partial charge in [0.05, 0.1) is 20.8 Å². The van der Waals surface area contributed by atoms with E-state index in [0.29, 0.717) is 6.54 Å². The fourth-order valence-electron chi connectivity index (χ4n) is 3.76. The van der Waals surface area contributed by atoms with Gasteiger partial charge in [0, 0.05) is 17.4 Å². The van der Waals surface area contributed by atoms with Crippen LogP contribution in [0.25, 0.3) is 0 Å². The predicted molar refractivity (Wildman–Crippen MR) is 109 cm³/mol. The number of anilines is 1. The second kappa shape index (κ2) is 7.09. The van der Waals surface area contributed by atoms with E-state index in [2.05, 4.69) is 28.5 Å². The summed E-state index contributed by atoms with van der Waals surface area (Å²) < 4.78 is 13.2. The summed E-state index contributed by atoms with van der Waals surface area (Å²) in [6.07, 6.45) is 1.05. The fraction of sp³-hybridized carbons (Fsp3) is 0.381. The van der Waals surface area contributed by atoms with Gasteiger partial charge in [-0.15, -0.1) is 0 Å². The Morgan fingerprint density at radius 1 is 1.11 bits per heavy atom. The molecule has 142 valence electrons. The van der Waals surface area contributed by atoms with Crippen LogP contribution in [-0.4, -0.2) is 47.9 Å². The van der Waals surface area contributed by atoms with E-state index in [0.717, 1.165) is 46.6 Å². The fourth-order valence-corrected chi connectivity index (χ4v) is 4.94. The third-order valence-corrected chi connectivity index (χ3v) is 6.43. The lowest BCUT2D eigenvalue weighted by atomic mass is 10.0. The number of aryl methyl sites for hydroxylation is 1. The topological polar surface area (TPSA) is 44.9 Å². The highest BCUT2D eigenvalue weighted by Gasteiger charge is 2.53. The summed E-state index contributed by atoms with van der Waals surface area (Å²) in [5.41, 5.74) is 1.94. The Morgan fingerprint density at radius 2 is 1.89 bits per heavy atom. The van der Waals surface area contributed by atoms with Crippen molar-refractivity contribution in [1.29, 1.82) is 0 Å². The molecule has 0 fully saturated rings. The number of methoxy groups -OCH3 is 2. The summed E-state index contributed by atoms with van der Waals surface area (Å²) >= 11 is 1.78. The minimum absolute atomic E-state index is 0.446. The van der Waals surface area contributed by atoms with Gasteiger partial charge in [-0.1, -0.05) is 29.8 Å². The van der Waals surface area contributed by atoms with Gasteiger partial charge in [0.1, 0.15) is 5.75 Å². The van der Waals surface area contributed by atoms with Gasteiger partial charge in [-0.05, 0) is 37.2 Å². The summed E-state index contributed by atoms with van der Waals surface area (Å²) in [5.74, 6) is 2.57. The first kappa shape index (κ1) is 18.2. The Morgan fingerprint density at radius 3 is 2.59 bits per heavy atom. The molecule has 0 aliphatic carbocycles. The van der Waals surface area contributed by atoms with Crippen LogP contribution in [0, 0.1) is 6.92 Å². The Bertz CT molecular complexity index is 881. The quantitative estimate of drug-likeness (QED) is 0.819. The normalized spacial score (nSPS) is 22.0. The monoisotopic (exact) mass is 385 g/mol. The lowest BCUT2D eigenvalue weighted by Crippen LogP contribution is -2.41. The van der Waals surface area contributed by atoms with Crippen LogP contribution in [0.3, 0.4) is 0 Å². The molecular formula is C21H25N2O3S+. The number of β-amino-alcohol motifs (C(OH)–C–C–N with tert-alkyl or cyclic N) is 1. The molecule has 0 radical (unpaired) electrons. The number of amidine groups is 1. The van der Waals surface area contributed by atoms with Crippen LogP contribution in [0.4, 0.5) is 5.69 Å². The van der Waals surface area contributed by atoms with Crippen molar-refractivity contribution in [3.05, 3.63) is 53.6 Å². The van der Waals surface area contributed by atoms with E-state index < -0.39 is 5.72 Å². The highest BCUT2D eigenvalue weighted by Crippen LogP contribution is 2.41. The molecule has 2 aliphatic heterocycles. The zero-order valence-corrected chi connectivity index (χ0v) is 16.8. The van der Waals surface area contributed by atoms with Crippen molar-refractivity contribution < 1.29 is 19.2 Å². The molecule has 0 saturated carbocycles. The van der Waals surface area contributed by atoms with Gasteiger partial charge in [-0.2, -0.15) is 0 Å². The summed E-state index contributed by atoms with van der Waals surface area (Å²) in [4.78, 5) is 2.16. The summed E-state index contributed by atoms with van der Waals surface area (Å²) in [5, 5.41) is 12.8. The van der Waals surface area contributed by atoms with Crippen molar-refractivity contribution in [2.45, 2.75) is 19.1 Å². The molecule has 0 spiro atoms. The second-order valence-corrected chi connectivity index (χ2v) is 8.00. The molecule has 4 rings (SSSR count). The second-order valence-electron chi connectivity index (χ2n) is 6.94. The molecule has 1 N–H and O–H groups in total. The minimum Gasteiger partial charge on any atom is -0.497 e. The van der Waals surface area contributed by atoms with Crippen LogP contribution in [0.15, 0.2) is 42.5 Å². The van der Waals surface area contributed by atoms with Crippen molar-refractivity contribution in [3.8, 4) is 11.5 Å². The molecule has 0 aromatic heterocycles. The Balaban J connectivity index is 1.82. The van der Waals surface area contributed by atoms with Gasteiger partial charge < -0.3 is 14.6 Å². The van der Waals surface area contributed by atoms with Crippen LogP contribution >= 0.6 is 11.8 Å². The third kappa shape index (κ3) is 3.07. The molecule has 2 aromatic rings. The molecule has 2 aliphatic rings. The van der Waals surface area contributed by atoms with E-state index >= 15 is 0 Å². The molecule has 0 bridgehead atoms. The highest BCUT2D eigenvalue weighted by molar-refractivity contribution is 8.13. The van der Waals surface area contributed by atoms with E-state index in [9.17, 15) is 5.11 Å². The largest absolute Gasteiger partial charge is 0.497 e. The van der Waals surface area contributed by atoms with E-state index in [-0.39, 0.29) is 0 Å². The van der Waals surface area contributed by atoms with E-state index in [4.69, 9.17) is 9.47 Å². The van der Waals surface area contributed by atoms with Gasteiger partial charge in [0.2, 0.25) is 0 Å². The molecule has 6 heteroatoms. The number of ether oxygens (including phenoxy) is 2. The van der Waals surface area contributed by atoms with Crippen LogP contribution in [-0.2, 0) is 5.72 Å². The maximum atomic E-state index is 11.7. The number of aliphatic hydroxyl groups is 1. The maximum Gasteiger partial charge on any atom is 0.316 e. The van der Waals surface area contributed by atoms with E-state index in [1.807, 2.05) is 30.3 Å². The molecule has 5 nitrogen and oxygen atoms in total. The Hall–Kier alpha value is -2.18. The molecule has 27 heavy (non-hydrogen) atoms. The zero-order valence-electron chi connectivity index (χ0n) is 15.9. The van der Waals surface area contributed by atoms with Crippen molar-refractivity contribution in [3.63, 3.8) is 0 Å². The smallest absolute Gasteiger partial charge is 0.316 e. The van der Waals surface area contributed by atoms with Crippen LogP contribution in [0.1, 0.15) is 17.5 Å². The average Bonchev–Trinajstić information content (AvgIpc) is 3.02. The zero-order chi connectivity index (χ0) is 19.0. The molecule has 2 heterocycles. The molecule has 1 atom stereocenters. The number of nitrogens with zero attached hydrogens (tertiary/aromatic N) is 2. The standard InChI is InChI=1S/C21H25N2O3S/c1-15-5-7-16(8-6-15)21(24)14-22(20-23(21)11-4-12-27-20)18-13-17(25-2)9-10-19(18)26-3/h5-10,13,24H,4,11-12,14H2,1-3H3/q+1. The van der Waals surface area contributed by atoms with Crippen molar-refractivity contribution in [2.24, 2.45) is 0 Å². The SMILES string of the molecule is COc1ccc(OC)c(N2CC(O)(c3ccc(C)cc3)[N+]3=C2SCCC3)c1. The summed E-state index contributed by atoms with van der Waals surface area (Å²) in [7, 11) is 3.33. The maximum absolute atomic E-state index is 11.7. The molecule has 0 amide bonds. The van der Waals surface area contributed by atoms with Crippen LogP contribution < -0.4 is 14.4 Å². The van der Waals surface area contributed by atoms with Gasteiger partial charge in [-0.3, -0.25) is 0 Å². The van der Waals surface area contributed by atoms with Crippen molar-refractivity contribution in [1.82, 2.24) is 0 Å². The van der Waals surface area contributed by atoms with Gasteiger partial charge in [0.25, 0.3) is 5.72 Å². The van der Waals surface area contributed by atoms with Crippen molar-refractivity contribution in [2.75, 3.05) is 38.0 Å². The van der Waals surface area contributed by atoms with Crippen LogP contribution in [0.2, 0.25) is 0 Å². The molecule has 2 aromatic carbocycles. The number of hydrogen-bond donors (Lipinski definition) is 1. The molecular weight excluding hydrogens is 360 g/mol.